The lowest BCUT2D eigenvalue weighted by Crippen LogP contribution is -2.22. The van der Waals surface area contributed by atoms with Gasteiger partial charge in [-0.1, -0.05) is 60.7 Å². The van der Waals surface area contributed by atoms with E-state index in [0.29, 0.717) is 13.2 Å². The molecule has 0 atom stereocenters. The standard InChI is InChI=1S/C18H17NO2S/c20-18-19(11-12-21-18)17(13-15-7-3-1-4-8-15)22-14-16-9-5-2-6-10-16/h1-10,13H,11-12,14H2/b17-13-. The van der Waals surface area contributed by atoms with Gasteiger partial charge >= 0.3 is 6.09 Å². The van der Waals surface area contributed by atoms with Crippen LogP contribution in [0, 0.1) is 0 Å². The summed E-state index contributed by atoms with van der Waals surface area (Å²) in [6.07, 6.45) is 1.78. The van der Waals surface area contributed by atoms with E-state index in [1.165, 1.54) is 5.56 Å². The normalized spacial score (nSPS) is 15.0. The molecule has 0 N–H and O–H groups in total. The van der Waals surface area contributed by atoms with Crippen molar-refractivity contribution in [3.63, 3.8) is 0 Å². The van der Waals surface area contributed by atoms with Gasteiger partial charge in [-0.25, -0.2) is 4.79 Å². The number of benzene rings is 2. The van der Waals surface area contributed by atoms with Crippen LogP contribution in [0.25, 0.3) is 6.08 Å². The number of hydrogen-bond donors (Lipinski definition) is 0. The van der Waals surface area contributed by atoms with Crippen molar-refractivity contribution in [2.45, 2.75) is 5.75 Å². The smallest absolute Gasteiger partial charge is 0.414 e. The molecule has 1 heterocycles. The third-order valence-electron chi connectivity index (χ3n) is 3.35. The lowest BCUT2D eigenvalue weighted by Gasteiger charge is -2.17. The van der Waals surface area contributed by atoms with Crippen LogP contribution in [-0.4, -0.2) is 24.1 Å². The number of carbonyl (C=O) groups is 1. The summed E-state index contributed by atoms with van der Waals surface area (Å²) < 4.78 is 5.07. The number of hydrogen-bond acceptors (Lipinski definition) is 3. The second-order valence-electron chi connectivity index (χ2n) is 4.93. The maximum absolute atomic E-state index is 11.9. The van der Waals surface area contributed by atoms with Crippen LogP contribution in [0.1, 0.15) is 11.1 Å². The summed E-state index contributed by atoms with van der Waals surface area (Å²) in [7, 11) is 0. The Morgan fingerprint density at radius 1 is 1.09 bits per heavy atom. The van der Waals surface area contributed by atoms with Crippen LogP contribution in [0.15, 0.2) is 65.7 Å². The minimum absolute atomic E-state index is 0.261. The van der Waals surface area contributed by atoms with Gasteiger partial charge < -0.3 is 4.74 Å². The summed E-state index contributed by atoms with van der Waals surface area (Å²) in [5.74, 6) is 0.823. The fourth-order valence-electron chi connectivity index (χ4n) is 2.21. The van der Waals surface area contributed by atoms with E-state index in [4.69, 9.17) is 4.74 Å². The van der Waals surface area contributed by atoms with Gasteiger partial charge in [-0.05, 0) is 17.2 Å². The van der Waals surface area contributed by atoms with Crippen molar-refractivity contribution in [2.75, 3.05) is 13.2 Å². The molecule has 1 aliphatic heterocycles. The summed E-state index contributed by atoms with van der Waals surface area (Å²) in [4.78, 5) is 13.6. The molecule has 3 nitrogen and oxygen atoms in total. The van der Waals surface area contributed by atoms with Crippen molar-refractivity contribution in [1.82, 2.24) is 4.90 Å². The summed E-state index contributed by atoms with van der Waals surface area (Å²) >= 11 is 1.66. The Labute approximate surface area is 134 Å². The largest absolute Gasteiger partial charge is 0.447 e. The first kappa shape index (κ1) is 14.7. The Kier molecular flexibility index (Phi) is 4.81. The number of thioether (sulfide) groups is 1. The summed E-state index contributed by atoms with van der Waals surface area (Å²) in [5.41, 5.74) is 2.32. The number of amides is 1. The number of cyclic esters (lactones) is 1. The van der Waals surface area contributed by atoms with Crippen molar-refractivity contribution in [2.24, 2.45) is 0 Å². The highest BCUT2D eigenvalue weighted by molar-refractivity contribution is 8.02. The molecule has 1 saturated heterocycles. The Morgan fingerprint density at radius 2 is 1.77 bits per heavy atom. The average molecular weight is 311 g/mol. The number of nitrogens with zero attached hydrogens (tertiary/aromatic N) is 1. The molecule has 22 heavy (non-hydrogen) atoms. The molecule has 112 valence electrons. The molecule has 3 rings (SSSR count). The molecule has 0 radical (unpaired) electrons. The minimum atomic E-state index is -0.261. The Hall–Kier alpha value is -2.20. The van der Waals surface area contributed by atoms with E-state index in [0.717, 1.165) is 16.3 Å². The van der Waals surface area contributed by atoms with Crippen LogP contribution in [0.5, 0.6) is 0 Å². The van der Waals surface area contributed by atoms with Gasteiger partial charge in [0.05, 0.1) is 11.6 Å². The molecule has 4 heteroatoms. The van der Waals surface area contributed by atoms with Crippen LogP contribution < -0.4 is 0 Å². The summed E-state index contributed by atoms with van der Waals surface area (Å²) in [6, 6.07) is 20.3. The van der Waals surface area contributed by atoms with Crippen LogP contribution in [-0.2, 0) is 10.5 Å². The zero-order valence-corrected chi connectivity index (χ0v) is 13.0. The van der Waals surface area contributed by atoms with Crippen molar-refractivity contribution in [3.05, 3.63) is 76.8 Å². The lowest BCUT2D eigenvalue weighted by atomic mass is 10.2. The quantitative estimate of drug-likeness (QED) is 0.821. The molecule has 0 aromatic heterocycles. The topological polar surface area (TPSA) is 29.5 Å². The third-order valence-corrected chi connectivity index (χ3v) is 4.46. The molecule has 1 fully saturated rings. The van der Waals surface area contributed by atoms with E-state index >= 15 is 0 Å². The molecule has 1 aliphatic rings. The maximum Gasteiger partial charge on any atom is 0.414 e. The molecule has 0 spiro atoms. The first-order chi connectivity index (χ1) is 10.8. The second kappa shape index (κ2) is 7.18. The van der Waals surface area contributed by atoms with Crippen LogP contribution in [0.4, 0.5) is 4.79 Å². The van der Waals surface area contributed by atoms with Crippen LogP contribution in [0.2, 0.25) is 0 Å². The molecule has 1 amide bonds. The van der Waals surface area contributed by atoms with Gasteiger partial charge in [0.25, 0.3) is 0 Å². The van der Waals surface area contributed by atoms with Crippen molar-refractivity contribution in [3.8, 4) is 0 Å². The van der Waals surface area contributed by atoms with Crippen LogP contribution in [0.3, 0.4) is 0 Å². The van der Waals surface area contributed by atoms with Gasteiger partial charge in [-0.2, -0.15) is 0 Å². The van der Waals surface area contributed by atoms with E-state index in [9.17, 15) is 4.79 Å². The molecular formula is C18H17NO2S. The van der Waals surface area contributed by atoms with Crippen molar-refractivity contribution >= 4 is 23.9 Å². The highest BCUT2D eigenvalue weighted by Gasteiger charge is 2.25. The minimum Gasteiger partial charge on any atom is -0.447 e. The number of carbonyl (C=O) groups excluding carboxylic acids is 1. The third kappa shape index (κ3) is 3.71. The lowest BCUT2D eigenvalue weighted by molar-refractivity contribution is 0.166. The van der Waals surface area contributed by atoms with E-state index in [2.05, 4.69) is 12.1 Å². The summed E-state index contributed by atoms with van der Waals surface area (Å²) in [6.45, 7) is 1.07. The fourth-order valence-corrected chi connectivity index (χ4v) is 3.26. The van der Waals surface area contributed by atoms with Gasteiger partial charge in [0.15, 0.2) is 0 Å². The van der Waals surface area contributed by atoms with Gasteiger partial charge in [0, 0.05) is 5.75 Å². The van der Waals surface area contributed by atoms with E-state index in [1.807, 2.05) is 54.6 Å². The SMILES string of the molecule is O=C1OCCN1/C(=C/c1ccccc1)SCc1ccccc1. The first-order valence-corrected chi connectivity index (χ1v) is 8.19. The van der Waals surface area contributed by atoms with Gasteiger partial charge in [-0.15, -0.1) is 11.8 Å². The molecule has 0 aliphatic carbocycles. The predicted molar refractivity (Wildman–Crippen MR) is 90.2 cm³/mol. The highest BCUT2D eigenvalue weighted by Crippen LogP contribution is 2.29. The average Bonchev–Trinajstić information content (AvgIpc) is 2.99. The predicted octanol–water partition coefficient (Wildman–Crippen LogP) is 4.37. The summed E-state index contributed by atoms with van der Waals surface area (Å²) in [5, 5.41) is 0.928. The monoisotopic (exact) mass is 311 g/mol. The van der Waals surface area contributed by atoms with Crippen molar-refractivity contribution < 1.29 is 9.53 Å². The van der Waals surface area contributed by atoms with E-state index in [-0.39, 0.29) is 6.09 Å². The number of ether oxygens (including phenoxy) is 1. The molecule has 2 aromatic carbocycles. The zero-order chi connectivity index (χ0) is 15.2. The molecule has 0 saturated carbocycles. The first-order valence-electron chi connectivity index (χ1n) is 7.21. The van der Waals surface area contributed by atoms with Gasteiger partial charge in [0.1, 0.15) is 6.61 Å². The maximum atomic E-state index is 11.9. The fraction of sp³-hybridized carbons (Fsp3) is 0.167. The van der Waals surface area contributed by atoms with Crippen LogP contribution >= 0.6 is 11.8 Å². The highest BCUT2D eigenvalue weighted by atomic mass is 32.2. The van der Waals surface area contributed by atoms with Gasteiger partial charge in [0.2, 0.25) is 0 Å². The van der Waals surface area contributed by atoms with Gasteiger partial charge in [-0.3, -0.25) is 4.90 Å². The molecule has 2 aromatic rings. The zero-order valence-electron chi connectivity index (χ0n) is 12.1. The number of rotatable bonds is 5. The van der Waals surface area contributed by atoms with E-state index in [1.54, 1.807) is 16.7 Å². The Morgan fingerprint density at radius 3 is 2.41 bits per heavy atom. The Balaban J connectivity index is 1.80. The molecule has 0 unspecified atom stereocenters. The van der Waals surface area contributed by atoms with Crippen molar-refractivity contribution in [1.29, 1.82) is 0 Å². The second-order valence-corrected chi connectivity index (χ2v) is 5.93. The van der Waals surface area contributed by atoms with E-state index < -0.39 is 0 Å². The Bertz CT molecular complexity index is 655. The molecule has 0 bridgehead atoms. The molecular weight excluding hydrogens is 294 g/mol.